The average molecular weight is 397 g/mol. The fourth-order valence-corrected chi connectivity index (χ4v) is 3.29. The van der Waals surface area contributed by atoms with Crippen molar-refractivity contribution in [3.05, 3.63) is 69.1 Å². The number of aryl methyl sites for hydroxylation is 1. The molecule has 0 radical (unpaired) electrons. The zero-order valence-electron chi connectivity index (χ0n) is 15.5. The summed E-state index contributed by atoms with van der Waals surface area (Å²) < 4.78 is 5.57. The van der Waals surface area contributed by atoms with Crippen molar-refractivity contribution in [1.29, 1.82) is 0 Å². The molecule has 0 aliphatic carbocycles. The van der Waals surface area contributed by atoms with E-state index in [9.17, 15) is 14.9 Å². The Labute approximate surface area is 166 Å². The van der Waals surface area contributed by atoms with Crippen LogP contribution in [0.4, 0.5) is 10.8 Å². The molecule has 0 bridgehead atoms. The minimum Gasteiger partial charge on any atom is -0.494 e. The molecule has 0 saturated carbocycles. The molecule has 1 N–H and O–H groups in total. The van der Waals surface area contributed by atoms with E-state index < -0.39 is 4.92 Å². The Balaban J connectivity index is 1.69. The quantitative estimate of drug-likeness (QED) is 0.444. The molecule has 1 heterocycles. The van der Waals surface area contributed by atoms with Gasteiger partial charge in [-0.25, -0.2) is 4.98 Å². The molecule has 0 unspecified atom stereocenters. The van der Waals surface area contributed by atoms with Crippen molar-refractivity contribution in [2.24, 2.45) is 0 Å². The predicted octanol–water partition coefficient (Wildman–Crippen LogP) is 5.07. The molecule has 0 fully saturated rings. The van der Waals surface area contributed by atoms with E-state index in [1.165, 1.54) is 29.5 Å². The van der Waals surface area contributed by atoms with E-state index in [0.717, 1.165) is 23.4 Å². The number of nitrogens with one attached hydrogen (secondary N) is 1. The first-order valence-electron chi connectivity index (χ1n) is 8.73. The first-order chi connectivity index (χ1) is 13.5. The average Bonchev–Trinajstić information content (AvgIpc) is 3.14. The highest BCUT2D eigenvalue weighted by Crippen LogP contribution is 2.27. The lowest BCUT2D eigenvalue weighted by Crippen LogP contribution is -2.12. The second kappa shape index (κ2) is 8.62. The number of aromatic nitrogens is 1. The lowest BCUT2D eigenvalue weighted by atomic mass is 10.1. The molecule has 0 saturated heterocycles. The maximum absolute atomic E-state index is 12.4. The van der Waals surface area contributed by atoms with Crippen LogP contribution in [0.1, 0.15) is 29.3 Å². The van der Waals surface area contributed by atoms with E-state index >= 15 is 0 Å². The molecule has 144 valence electrons. The van der Waals surface area contributed by atoms with Crippen LogP contribution in [0, 0.1) is 17.0 Å². The summed E-state index contributed by atoms with van der Waals surface area (Å²) in [6, 6.07) is 11.9. The van der Waals surface area contributed by atoms with Crippen molar-refractivity contribution in [3.8, 4) is 17.0 Å². The molecular formula is C20H19N3O4S. The molecule has 1 amide bonds. The number of nitro benzene ring substituents is 1. The van der Waals surface area contributed by atoms with E-state index in [4.69, 9.17) is 4.74 Å². The molecule has 7 nitrogen and oxygen atoms in total. The number of hydrogen-bond acceptors (Lipinski definition) is 6. The normalized spacial score (nSPS) is 10.5. The molecule has 0 aliphatic rings. The SMILES string of the molecule is CCCOc1ccc(-c2csc(NC(=O)c3ccc([N+](=O)[O-])c(C)c3)n2)cc1. The minimum absolute atomic E-state index is 0.0144. The molecule has 28 heavy (non-hydrogen) atoms. The van der Waals surface area contributed by atoms with Crippen LogP contribution in [0.25, 0.3) is 11.3 Å². The van der Waals surface area contributed by atoms with E-state index in [1.807, 2.05) is 29.6 Å². The number of anilines is 1. The Kier molecular flexibility index (Phi) is 6.00. The molecule has 0 aliphatic heterocycles. The molecule has 0 atom stereocenters. The van der Waals surface area contributed by atoms with Gasteiger partial charge in [0.15, 0.2) is 5.13 Å². The van der Waals surface area contributed by atoms with Gasteiger partial charge < -0.3 is 4.74 Å². The zero-order chi connectivity index (χ0) is 20.1. The Morgan fingerprint density at radius 3 is 2.64 bits per heavy atom. The maximum atomic E-state index is 12.4. The van der Waals surface area contributed by atoms with Gasteiger partial charge in [-0.15, -0.1) is 11.3 Å². The highest BCUT2D eigenvalue weighted by Gasteiger charge is 2.15. The smallest absolute Gasteiger partial charge is 0.272 e. The number of carbonyl (C=O) groups is 1. The molecule has 1 aromatic heterocycles. The summed E-state index contributed by atoms with van der Waals surface area (Å²) in [4.78, 5) is 27.3. The Morgan fingerprint density at radius 2 is 2.00 bits per heavy atom. The van der Waals surface area contributed by atoms with Gasteiger partial charge in [0.2, 0.25) is 0 Å². The second-order valence-corrected chi connectivity index (χ2v) is 6.98. The maximum Gasteiger partial charge on any atom is 0.272 e. The van der Waals surface area contributed by atoms with Crippen LogP contribution < -0.4 is 10.1 Å². The molecule has 3 rings (SSSR count). The van der Waals surface area contributed by atoms with E-state index in [2.05, 4.69) is 17.2 Å². The number of rotatable bonds is 7. The number of nitro groups is 1. The lowest BCUT2D eigenvalue weighted by molar-refractivity contribution is -0.385. The van der Waals surface area contributed by atoms with Gasteiger partial charge in [-0.1, -0.05) is 6.92 Å². The Hall–Kier alpha value is -3.26. The first-order valence-corrected chi connectivity index (χ1v) is 9.61. The van der Waals surface area contributed by atoms with Crippen LogP contribution in [0.3, 0.4) is 0 Å². The summed E-state index contributed by atoms with van der Waals surface area (Å²) in [6.45, 7) is 4.33. The summed E-state index contributed by atoms with van der Waals surface area (Å²) in [5.41, 5.74) is 2.44. The number of nitrogens with zero attached hydrogens (tertiary/aromatic N) is 2. The van der Waals surface area contributed by atoms with Crippen molar-refractivity contribution < 1.29 is 14.5 Å². The standard InChI is InChI=1S/C20H19N3O4S/c1-3-10-27-16-7-4-14(5-8-16)17-12-28-20(21-17)22-19(24)15-6-9-18(23(25)26)13(2)11-15/h4-9,11-12H,3,10H2,1-2H3,(H,21,22,24). The van der Waals surface area contributed by atoms with Crippen LogP contribution >= 0.6 is 11.3 Å². The first kappa shape index (κ1) is 19.5. The second-order valence-electron chi connectivity index (χ2n) is 6.12. The van der Waals surface area contributed by atoms with Gasteiger partial charge in [0.1, 0.15) is 5.75 Å². The summed E-state index contributed by atoms with van der Waals surface area (Å²) in [5.74, 6) is 0.449. The third-order valence-corrected chi connectivity index (χ3v) is 4.76. The van der Waals surface area contributed by atoms with Gasteiger partial charge in [-0.05, 0) is 49.7 Å². The highest BCUT2D eigenvalue weighted by atomic mass is 32.1. The molecule has 3 aromatic rings. The van der Waals surface area contributed by atoms with Crippen molar-refractivity contribution in [2.45, 2.75) is 20.3 Å². The van der Waals surface area contributed by atoms with Crippen LogP contribution in [-0.2, 0) is 0 Å². The number of hydrogen-bond donors (Lipinski definition) is 1. The van der Waals surface area contributed by atoms with Gasteiger partial charge >= 0.3 is 0 Å². The Morgan fingerprint density at radius 1 is 1.25 bits per heavy atom. The third-order valence-electron chi connectivity index (χ3n) is 4.00. The number of amides is 1. The largest absolute Gasteiger partial charge is 0.494 e. The lowest BCUT2D eigenvalue weighted by Gasteiger charge is -2.05. The third kappa shape index (κ3) is 4.52. The van der Waals surface area contributed by atoms with Crippen LogP contribution in [-0.4, -0.2) is 22.4 Å². The van der Waals surface area contributed by atoms with Gasteiger partial charge in [0, 0.05) is 28.1 Å². The monoisotopic (exact) mass is 397 g/mol. The number of benzene rings is 2. The van der Waals surface area contributed by atoms with Crippen molar-refractivity contribution in [1.82, 2.24) is 4.98 Å². The minimum atomic E-state index is -0.470. The highest BCUT2D eigenvalue weighted by molar-refractivity contribution is 7.14. The predicted molar refractivity (Wildman–Crippen MR) is 109 cm³/mol. The molecule has 0 spiro atoms. The van der Waals surface area contributed by atoms with Gasteiger partial charge in [0.25, 0.3) is 11.6 Å². The topological polar surface area (TPSA) is 94.4 Å². The van der Waals surface area contributed by atoms with E-state index in [-0.39, 0.29) is 11.6 Å². The summed E-state index contributed by atoms with van der Waals surface area (Å²) in [5, 5.41) is 16.0. The van der Waals surface area contributed by atoms with Gasteiger partial charge in [0.05, 0.1) is 17.2 Å². The Bertz CT molecular complexity index is 999. The van der Waals surface area contributed by atoms with Crippen molar-refractivity contribution in [3.63, 3.8) is 0 Å². The molecule has 8 heteroatoms. The summed E-state index contributed by atoms with van der Waals surface area (Å²) in [7, 11) is 0. The molecule has 2 aromatic carbocycles. The molecular weight excluding hydrogens is 378 g/mol. The van der Waals surface area contributed by atoms with Crippen molar-refractivity contribution in [2.75, 3.05) is 11.9 Å². The number of ether oxygens (including phenoxy) is 1. The summed E-state index contributed by atoms with van der Waals surface area (Å²) in [6.07, 6.45) is 0.950. The van der Waals surface area contributed by atoms with Crippen LogP contribution in [0.15, 0.2) is 47.8 Å². The van der Waals surface area contributed by atoms with Crippen molar-refractivity contribution >= 4 is 28.1 Å². The van der Waals surface area contributed by atoms with E-state index in [1.54, 1.807) is 6.92 Å². The zero-order valence-corrected chi connectivity index (χ0v) is 16.3. The van der Waals surface area contributed by atoms with Crippen LogP contribution in [0.2, 0.25) is 0 Å². The number of carbonyl (C=O) groups excluding carboxylic acids is 1. The fourth-order valence-electron chi connectivity index (χ4n) is 2.58. The van der Waals surface area contributed by atoms with E-state index in [0.29, 0.717) is 22.9 Å². The van der Waals surface area contributed by atoms with Gasteiger partial charge in [-0.2, -0.15) is 0 Å². The fraction of sp³-hybridized carbons (Fsp3) is 0.200. The van der Waals surface area contributed by atoms with Crippen LogP contribution in [0.5, 0.6) is 5.75 Å². The van der Waals surface area contributed by atoms with Gasteiger partial charge in [-0.3, -0.25) is 20.2 Å². The number of thiazole rings is 1. The summed E-state index contributed by atoms with van der Waals surface area (Å²) >= 11 is 1.32.